The first-order chi connectivity index (χ1) is 11.9. The van der Waals surface area contributed by atoms with Gasteiger partial charge in [0.05, 0.1) is 19.5 Å². The molecule has 25 heavy (non-hydrogen) atoms. The summed E-state index contributed by atoms with van der Waals surface area (Å²) in [5, 5.41) is 1.07. The van der Waals surface area contributed by atoms with Crippen LogP contribution in [0.3, 0.4) is 0 Å². The van der Waals surface area contributed by atoms with Gasteiger partial charge >= 0.3 is 0 Å². The SMILES string of the molecule is CC12CCC3(C=C1CC/C(=C\c1ccc(Cl)c(Cl)c1)C2=O)SCCS3. The summed E-state index contributed by atoms with van der Waals surface area (Å²) >= 11 is 16.2. The van der Waals surface area contributed by atoms with Crippen molar-refractivity contribution in [2.24, 2.45) is 5.41 Å². The van der Waals surface area contributed by atoms with Crippen molar-refractivity contribution in [2.45, 2.75) is 36.7 Å². The van der Waals surface area contributed by atoms with Crippen LogP contribution in [0.4, 0.5) is 0 Å². The van der Waals surface area contributed by atoms with E-state index in [1.807, 2.05) is 18.2 Å². The van der Waals surface area contributed by atoms with E-state index in [9.17, 15) is 4.79 Å². The van der Waals surface area contributed by atoms with E-state index in [1.165, 1.54) is 17.1 Å². The van der Waals surface area contributed by atoms with E-state index >= 15 is 0 Å². The number of carbonyl (C=O) groups is 1. The van der Waals surface area contributed by atoms with Crippen molar-refractivity contribution in [3.63, 3.8) is 0 Å². The quantitative estimate of drug-likeness (QED) is 0.381. The molecule has 1 aliphatic heterocycles. The molecule has 1 heterocycles. The van der Waals surface area contributed by atoms with E-state index in [-0.39, 0.29) is 9.49 Å². The number of ketones is 1. The maximum absolute atomic E-state index is 13.3. The number of fused-ring (bicyclic) bond motifs is 1. The van der Waals surface area contributed by atoms with E-state index in [2.05, 4.69) is 36.5 Å². The van der Waals surface area contributed by atoms with Gasteiger partial charge in [-0.05, 0) is 62.0 Å². The summed E-state index contributed by atoms with van der Waals surface area (Å²) in [6.45, 7) is 2.14. The molecule has 0 radical (unpaired) electrons. The van der Waals surface area contributed by atoms with E-state index in [4.69, 9.17) is 23.2 Å². The molecule has 0 aromatic heterocycles. The Balaban J connectivity index is 1.65. The van der Waals surface area contributed by atoms with Crippen molar-refractivity contribution in [2.75, 3.05) is 11.5 Å². The van der Waals surface area contributed by atoms with Crippen molar-refractivity contribution in [1.82, 2.24) is 0 Å². The van der Waals surface area contributed by atoms with E-state index in [0.717, 1.165) is 36.8 Å². The lowest BCUT2D eigenvalue weighted by molar-refractivity contribution is -0.123. The van der Waals surface area contributed by atoms with Gasteiger partial charge in [-0.3, -0.25) is 4.79 Å². The first-order valence-electron chi connectivity index (χ1n) is 8.62. The number of hydrogen-bond acceptors (Lipinski definition) is 3. The normalized spacial score (nSPS) is 29.8. The molecular formula is C20H20Cl2OS2. The molecule has 1 saturated heterocycles. The third-order valence-electron chi connectivity index (χ3n) is 5.59. The second kappa shape index (κ2) is 6.67. The van der Waals surface area contributed by atoms with Gasteiger partial charge in [-0.15, -0.1) is 23.5 Å². The summed E-state index contributed by atoms with van der Waals surface area (Å²) in [5.41, 5.74) is 2.90. The van der Waals surface area contributed by atoms with Crippen molar-refractivity contribution in [3.8, 4) is 0 Å². The molecule has 2 fully saturated rings. The Labute approximate surface area is 167 Å². The Morgan fingerprint density at radius 3 is 2.56 bits per heavy atom. The van der Waals surface area contributed by atoms with Gasteiger partial charge in [0.15, 0.2) is 5.78 Å². The zero-order valence-electron chi connectivity index (χ0n) is 14.1. The molecule has 0 bridgehead atoms. The topological polar surface area (TPSA) is 17.1 Å². The summed E-state index contributed by atoms with van der Waals surface area (Å²) in [4.78, 5) is 13.3. The number of hydrogen-bond donors (Lipinski definition) is 0. The molecule has 2 aliphatic carbocycles. The van der Waals surface area contributed by atoms with E-state index in [1.54, 1.807) is 6.07 Å². The molecule has 1 atom stereocenters. The van der Waals surface area contributed by atoms with Crippen LogP contribution in [-0.2, 0) is 4.79 Å². The predicted molar refractivity (Wildman–Crippen MR) is 112 cm³/mol. The number of thioether (sulfide) groups is 2. The fourth-order valence-corrected chi connectivity index (χ4v) is 7.51. The number of allylic oxidation sites excluding steroid dienone is 2. The highest BCUT2D eigenvalue weighted by molar-refractivity contribution is 8.21. The van der Waals surface area contributed by atoms with Gasteiger partial charge in [0.2, 0.25) is 0 Å². The molecule has 132 valence electrons. The Kier molecular flexibility index (Phi) is 4.81. The minimum absolute atomic E-state index is 0.236. The molecule has 1 saturated carbocycles. The van der Waals surface area contributed by atoms with Gasteiger partial charge in [0.25, 0.3) is 0 Å². The zero-order chi connectivity index (χ0) is 17.7. The van der Waals surface area contributed by atoms with Crippen molar-refractivity contribution >= 4 is 58.6 Å². The van der Waals surface area contributed by atoms with Crippen LogP contribution < -0.4 is 0 Å². The molecule has 0 amide bonds. The van der Waals surface area contributed by atoms with Crippen molar-refractivity contribution in [3.05, 3.63) is 51.0 Å². The Morgan fingerprint density at radius 2 is 1.84 bits per heavy atom. The lowest BCUT2D eigenvalue weighted by atomic mass is 9.63. The summed E-state index contributed by atoms with van der Waals surface area (Å²) in [6, 6.07) is 5.54. The van der Waals surface area contributed by atoms with Gasteiger partial charge in [0.1, 0.15) is 0 Å². The van der Waals surface area contributed by atoms with Gasteiger partial charge < -0.3 is 0 Å². The summed E-state index contributed by atoms with van der Waals surface area (Å²) in [5.74, 6) is 2.74. The Bertz CT molecular complexity index is 793. The number of benzene rings is 1. The smallest absolute Gasteiger partial charge is 0.168 e. The molecule has 5 heteroatoms. The number of Topliss-reactive ketones (excluding diaryl/α,β-unsaturated/α-hetero) is 1. The maximum atomic E-state index is 13.3. The van der Waals surface area contributed by atoms with E-state index in [0.29, 0.717) is 15.8 Å². The highest BCUT2D eigenvalue weighted by Crippen LogP contribution is 2.57. The molecule has 4 rings (SSSR count). The standard InChI is InChI=1S/C20H20Cl2OS2/c1-19-6-7-20(24-8-9-25-20)12-15(19)4-3-14(18(19)23)10-13-2-5-16(21)17(22)11-13/h2,5,10-12H,3-4,6-9H2,1H3/b14-10+. The maximum Gasteiger partial charge on any atom is 0.168 e. The number of halogens is 2. The Hall–Kier alpha value is -0.350. The number of rotatable bonds is 1. The highest BCUT2D eigenvalue weighted by Gasteiger charge is 2.49. The lowest BCUT2D eigenvalue weighted by Gasteiger charge is -2.44. The van der Waals surface area contributed by atoms with Gasteiger partial charge in [-0.25, -0.2) is 0 Å². The van der Waals surface area contributed by atoms with Crippen LogP contribution in [0.1, 0.15) is 38.2 Å². The van der Waals surface area contributed by atoms with Crippen LogP contribution in [0.5, 0.6) is 0 Å². The minimum atomic E-state index is -0.324. The highest BCUT2D eigenvalue weighted by atomic mass is 35.5. The molecule has 1 spiro atoms. The second-order valence-corrected chi connectivity index (χ2v) is 11.1. The second-order valence-electron chi connectivity index (χ2n) is 7.18. The fourth-order valence-electron chi connectivity index (χ4n) is 4.07. The molecule has 1 nitrogen and oxygen atoms in total. The molecule has 3 aliphatic rings. The van der Waals surface area contributed by atoms with Crippen LogP contribution >= 0.6 is 46.7 Å². The van der Waals surface area contributed by atoms with Gasteiger partial charge in [-0.1, -0.05) is 40.9 Å². The summed E-state index contributed by atoms with van der Waals surface area (Å²) < 4.78 is 0.236. The first-order valence-corrected chi connectivity index (χ1v) is 11.4. The average molecular weight is 411 g/mol. The zero-order valence-corrected chi connectivity index (χ0v) is 17.3. The number of carbonyl (C=O) groups excluding carboxylic acids is 1. The largest absolute Gasteiger partial charge is 0.294 e. The van der Waals surface area contributed by atoms with E-state index < -0.39 is 0 Å². The third kappa shape index (κ3) is 3.22. The lowest BCUT2D eigenvalue weighted by Crippen LogP contribution is -2.40. The van der Waals surface area contributed by atoms with Gasteiger partial charge in [0, 0.05) is 11.5 Å². The van der Waals surface area contributed by atoms with Crippen LogP contribution in [-0.4, -0.2) is 21.4 Å². The molecule has 1 aromatic carbocycles. The predicted octanol–water partition coefficient (Wildman–Crippen LogP) is 6.64. The van der Waals surface area contributed by atoms with Gasteiger partial charge in [-0.2, -0.15) is 0 Å². The summed E-state index contributed by atoms with van der Waals surface area (Å²) in [7, 11) is 0. The summed E-state index contributed by atoms with van der Waals surface area (Å²) in [6.07, 6.45) is 8.28. The van der Waals surface area contributed by atoms with Crippen LogP contribution in [0, 0.1) is 5.41 Å². The molecule has 1 unspecified atom stereocenters. The first kappa shape index (κ1) is 18.0. The third-order valence-corrected chi connectivity index (χ3v) is 9.74. The van der Waals surface area contributed by atoms with Crippen molar-refractivity contribution in [1.29, 1.82) is 0 Å². The average Bonchev–Trinajstić information content (AvgIpc) is 3.04. The van der Waals surface area contributed by atoms with Crippen molar-refractivity contribution < 1.29 is 4.79 Å². The fraction of sp³-hybridized carbons (Fsp3) is 0.450. The van der Waals surface area contributed by atoms with Crippen LogP contribution in [0.2, 0.25) is 10.0 Å². The molecule has 1 aromatic rings. The Morgan fingerprint density at radius 1 is 1.08 bits per heavy atom. The van der Waals surface area contributed by atoms with Crippen LogP contribution in [0.25, 0.3) is 6.08 Å². The van der Waals surface area contributed by atoms with Crippen LogP contribution in [0.15, 0.2) is 35.4 Å². The monoisotopic (exact) mass is 410 g/mol. The molecular weight excluding hydrogens is 391 g/mol. The minimum Gasteiger partial charge on any atom is -0.294 e. The molecule has 0 N–H and O–H groups in total.